The number of rotatable bonds is 3. The predicted molar refractivity (Wildman–Crippen MR) is 69.5 cm³/mol. The van der Waals surface area contributed by atoms with Crippen LogP contribution in [0.2, 0.25) is 0 Å². The van der Waals surface area contributed by atoms with Crippen LogP contribution in [0.3, 0.4) is 0 Å². The molecule has 1 aliphatic rings. The molecule has 5 heteroatoms. The minimum atomic E-state index is -0.270. The van der Waals surface area contributed by atoms with Crippen molar-refractivity contribution in [1.29, 1.82) is 0 Å². The van der Waals surface area contributed by atoms with Crippen molar-refractivity contribution in [2.45, 2.75) is 25.4 Å². The third kappa shape index (κ3) is 3.09. The summed E-state index contributed by atoms with van der Waals surface area (Å²) in [5, 5.41) is 0. The molecule has 3 nitrogen and oxygen atoms in total. The van der Waals surface area contributed by atoms with Crippen LogP contribution in [0.4, 0.5) is 4.39 Å². The zero-order valence-corrected chi connectivity index (χ0v) is 11.7. The number of halogens is 2. The summed E-state index contributed by atoms with van der Waals surface area (Å²) in [6.45, 7) is 1.41. The average Bonchev–Trinajstić information content (AvgIpc) is 2.74. The number of carbonyl (C=O) groups is 1. The van der Waals surface area contributed by atoms with E-state index in [2.05, 4.69) is 15.9 Å². The molecule has 1 heterocycles. The van der Waals surface area contributed by atoms with E-state index in [-0.39, 0.29) is 17.8 Å². The third-order valence-corrected chi connectivity index (χ3v) is 3.60. The zero-order chi connectivity index (χ0) is 13.1. The number of nitrogens with zero attached hydrogens (tertiary/aromatic N) is 1. The number of esters is 1. The van der Waals surface area contributed by atoms with E-state index in [9.17, 15) is 9.18 Å². The van der Waals surface area contributed by atoms with Crippen LogP contribution in [0.5, 0.6) is 0 Å². The first-order valence-electron chi connectivity index (χ1n) is 5.87. The molecule has 1 atom stereocenters. The zero-order valence-electron chi connectivity index (χ0n) is 10.2. The van der Waals surface area contributed by atoms with Crippen molar-refractivity contribution in [3.63, 3.8) is 0 Å². The maximum Gasteiger partial charge on any atom is 0.323 e. The molecule has 18 heavy (non-hydrogen) atoms. The van der Waals surface area contributed by atoms with Crippen molar-refractivity contribution in [3.8, 4) is 0 Å². The van der Waals surface area contributed by atoms with Crippen molar-refractivity contribution in [1.82, 2.24) is 4.90 Å². The fraction of sp³-hybridized carbons (Fsp3) is 0.462. The largest absolute Gasteiger partial charge is 0.468 e. The monoisotopic (exact) mass is 315 g/mol. The summed E-state index contributed by atoms with van der Waals surface area (Å²) in [5.74, 6) is -0.476. The highest BCUT2D eigenvalue weighted by atomic mass is 79.9. The van der Waals surface area contributed by atoms with Gasteiger partial charge in [0.2, 0.25) is 0 Å². The second-order valence-corrected chi connectivity index (χ2v) is 5.35. The summed E-state index contributed by atoms with van der Waals surface area (Å²) in [6.07, 6.45) is 1.78. The Bertz CT molecular complexity index is 432. The highest BCUT2D eigenvalue weighted by Gasteiger charge is 2.31. The van der Waals surface area contributed by atoms with Gasteiger partial charge in [-0.15, -0.1) is 0 Å². The number of hydrogen-bond donors (Lipinski definition) is 0. The van der Waals surface area contributed by atoms with Gasteiger partial charge in [0.15, 0.2) is 0 Å². The Kier molecular flexibility index (Phi) is 4.35. The molecule has 98 valence electrons. The number of methoxy groups -OCH3 is 1. The van der Waals surface area contributed by atoms with Gasteiger partial charge in [0, 0.05) is 11.0 Å². The first-order chi connectivity index (χ1) is 8.60. The molecule has 0 N–H and O–H groups in total. The lowest BCUT2D eigenvalue weighted by Crippen LogP contribution is -2.36. The number of benzene rings is 1. The number of likely N-dealkylation sites (tertiary alicyclic amines) is 1. The second kappa shape index (κ2) is 5.80. The van der Waals surface area contributed by atoms with Crippen LogP contribution in [0.15, 0.2) is 22.7 Å². The first-order valence-corrected chi connectivity index (χ1v) is 6.66. The molecular formula is C13H15BrFNO2. The van der Waals surface area contributed by atoms with E-state index in [1.807, 2.05) is 11.0 Å². The molecule has 1 aromatic rings. The molecule has 0 radical (unpaired) electrons. The van der Waals surface area contributed by atoms with Crippen molar-refractivity contribution in [2.24, 2.45) is 0 Å². The van der Waals surface area contributed by atoms with Gasteiger partial charge < -0.3 is 4.74 Å². The normalized spacial score (nSPS) is 20.1. The van der Waals surface area contributed by atoms with E-state index in [4.69, 9.17) is 4.74 Å². The van der Waals surface area contributed by atoms with Crippen LogP contribution in [0.1, 0.15) is 18.4 Å². The van der Waals surface area contributed by atoms with Crippen molar-refractivity contribution in [2.75, 3.05) is 13.7 Å². The molecule has 0 spiro atoms. The average molecular weight is 316 g/mol. The van der Waals surface area contributed by atoms with Gasteiger partial charge in [-0.2, -0.15) is 0 Å². The Balaban J connectivity index is 2.10. The Morgan fingerprint density at radius 3 is 3.00 bits per heavy atom. The van der Waals surface area contributed by atoms with Crippen LogP contribution in [0.25, 0.3) is 0 Å². The van der Waals surface area contributed by atoms with Crippen LogP contribution < -0.4 is 0 Å². The highest BCUT2D eigenvalue weighted by molar-refractivity contribution is 9.10. The lowest BCUT2D eigenvalue weighted by molar-refractivity contribution is -0.146. The van der Waals surface area contributed by atoms with Gasteiger partial charge in [-0.25, -0.2) is 4.39 Å². The standard InChI is InChI=1S/C13H15BrFNO2/c1-18-13(17)12-3-2-4-16(12)8-9-5-10(14)7-11(15)6-9/h5-7,12H,2-4,8H2,1H3. The molecule has 0 saturated carbocycles. The quantitative estimate of drug-likeness (QED) is 0.803. The van der Waals surface area contributed by atoms with Crippen LogP contribution in [0, 0.1) is 5.82 Å². The van der Waals surface area contributed by atoms with Crippen LogP contribution >= 0.6 is 15.9 Å². The maximum absolute atomic E-state index is 13.3. The van der Waals surface area contributed by atoms with E-state index < -0.39 is 0 Å². The molecule has 1 unspecified atom stereocenters. The summed E-state index contributed by atoms with van der Waals surface area (Å²) in [5.41, 5.74) is 0.859. The smallest absolute Gasteiger partial charge is 0.323 e. The van der Waals surface area contributed by atoms with E-state index in [0.717, 1.165) is 24.9 Å². The summed E-state index contributed by atoms with van der Waals surface area (Å²) in [7, 11) is 1.40. The Labute approximate surface area is 114 Å². The lowest BCUT2D eigenvalue weighted by Gasteiger charge is -2.22. The molecule has 1 saturated heterocycles. The minimum Gasteiger partial charge on any atom is -0.468 e. The maximum atomic E-state index is 13.3. The fourth-order valence-electron chi connectivity index (χ4n) is 2.36. The molecule has 1 aromatic carbocycles. The molecule has 0 amide bonds. The van der Waals surface area contributed by atoms with E-state index in [0.29, 0.717) is 11.0 Å². The third-order valence-electron chi connectivity index (χ3n) is 3.14. The van der Waals surface area contributed by atoms with Gasteiger partial charge in [0.1, 0.15) is 11.9 Å². The number of carbonyl (C=O) groups excluding carboxylic acids is 1. The highest BCUT2D eigenvalue weighted by Crippen LogP contribution is 2.23. The van der Waals surface area contributed by atoms with Crippen LogP contribution in [-0.4, -0.2) is 30.6 Å². The predicted octanol–water partition coefficient (Wildman–Crippen LogP) is 2.73. The van der Waals surface area contributed by atoms with Gasteiger partial charge in [0.25, 0.3) is 0 Å². The Morgan fingerprint density at radius 2 is 2.33 bits per heavy atom. The topological polar surface area (TPSA) is 29.5 Å². The molecule has 0 bridgehead atoms. The fourth-order valence-corrected chi connectivity index (χ4v) is 2.87. The molecular weight excluding hydrogens is 301 g/mol. The Hall–Kier alpha value is -0.940. The van der Waals surface area contributed by atoms with Crippen LogP contribution in [-0.2, 0) is 16.1 Å². The van der Waals surface area contributed by atoms with Gasteiger partial charge >= 0.3 is 5.97 Å². The van der Waals surface area contributed by atoms with Gasteiger partial charge in [-0.05, 0) is 43.1 Å². The number of hydrogen-bond acceptors (Lipinski definition) is 3. The summed E-state index contributed by atoms with van der Waals surface area (Å²) >= 11 is 3.27. The van der Waals surface area contributed by atoms with Crippen molar-refractivity contribution >= 4 is 21.9 Å². The molecule has 1 fully saturated rings. The first kappa shape index (κ1) is 13.5. The SMILES string of the molecule is COC(=O)C1CCCN1Cc1cc(F)cc(Br)c1. The second-order valence-electron chi connectivity index (χ2n) is 4.43. The van der Waals surface area contributed by atoms with E-state index in [1.54, 1.807) is 0 Å². The summed E-state index contributed by atoms with van der Waals surface area (Å²) < 4.78 is 18.8. The lowest BCUT2D eigenvalue weighted by atomic mass is 10.2. The molecule has 0 aliphatic carbocycles. The number of ether oxygens (including phenoxy) is 1. The van der Waals surface area contributed by atoms with Gasteiger partial charge in [-0.3, -0.25) is 9.69 Å². The van der Waals surface area contributed by atoms with E-state index in [1.165, 1.54) is 19.2 Å². The summed E-state index contributed by atoms with van der Waals surface area (Å²) in [4.78, 5) is 13.6. The molecule has 0 aromatic heterocycles. The summed E-state index contributed by atoms with van der Waals surface area (Å²) in [6, 6.07) is 4.59. The van der Waals surface area contributed by atoms with Crippen molar-refractivity contribution in [3.05, 3.63) is 34.1 Å². The molecule has 2 rings (SSSR count). The minimum absolute atomic E-state index is 0.197. The van der Waals surface area contributed by atoms with Crippen molar-refractivity contribution < 1.29 is 13.9 Å². The Morgan fingerprint density at radius 1 is 1.56 bits per heavy atom. The molecule has 1 aliphatic heterocycles. The van der Waals surface area contributed by atoms with Gasteiger partial charge in [0.05, 0.1) is 7.11 Å². The van der Waals surface area contributed by atoms with E-state index >= 15 is 0 Å². The van der Waals surface area contributed by atoms with Gasteiger partial charge in [-0.1, -0.05) is 15.9 Å².